The van der Waals surface area contributed by atoms with E-state index in [0.29, 0.717) is 0 Å². The SMILES string of the molecule is c1ccc(-n2c3ccccc3c3c4c(c5ccccc5n4-c4ccc5c6c(cccc46)-c4ccccc4-5)c4sc5ccccc5c4c32)cc1. The monoisotopic (exact) mass is 638 g/mol. The third-order valence-electron chi connectivity index (χ3n) is 10.8. The Bertz CT molecular complexity index is 3180. The van der Waals surface area contributed by atoms with Crippen LogP contribution in [0.25, 0.3) is 108 Å². The van der Waals surface area contributed by atoms with Gasteiger partial charge in [0, 0.05) is 52.8 Å². The number of rotatable bonds is 2. The van der Waals surface area contributed by atoms with E-state index in [0.717, 1.165) is 0 Å². The Hall–Kier alpha value is -6.16. The number of hydrogen-bond donors (Lipinski definition) is 0. The summed E-state index contributed by atoms with van der Waals surface area (Å²) in [6.45, 7) is 0. The van der Waals surface area contributed by atoms with Crippen molar-refractivity contribution < 1.29 is 0 Å². The van der Waals surface area contributed by atoms with E-state index in [4.69, 9.17) is 0 Å². The highest BCUT2D eigenvalue weighted by molar-refractivity contribution is 7.27. The molecule has 226 valence electrons. The molecule has 0 N–H and O–H groups in total. The van der Waals surface area contributed by atoms with E-state index in [9.17, 15) is 0 Å². The van der Waals surface area contributed by atoms with E-state index < -0.39 is 0 Å². The van der Waals surface area contributed by atoms with E-state index in [2.05, 4.69) is 167 Å². The molecular weight excluding hydrogens is 613 g/mol. The molecule has 2 nitrogen and oxygen atoms in total. The number of hydrogen-bond acceptors (Lipinski definition) is 1. The molecule has 1 aliphatic rings. The normalized spacial score (nSPS) is 12.5. The van der Waals surface area contributed by atoms with Crippen molar-refractivity contribution in [3.8, 4) is 33.6 Å². The van der Waals surface area contributed by atoms with Gasteiger partial charge < -0.3 is 9.13 Å². The van der Waals surface area contributed by atoms with E-state index in [1.54, 1.807) is 0 Å². The standard InChI is InChI=1S/C46H26N2S/c1-2-13-27(14-3-1)47-36-22-9-6-17-33(36)41-44(47)43-35-19-8-11-24-39(35)49-46(43)42-34-18-7-10-23-37(34)48(45(41)42)38-26-25-31-29-16-5-4-15-28(29)30-20-12-21-32(38)40(30)31/h1-26H. The Labute approximate surface area is 285 Å². The highest BCUT2D eigenvalue weighted by Gasteiger charge is 2.28. The summed E-state index contributed by atoms with van der Waals surface area (Å²) < 4.78 is 7.76. The Morgan fingerprint density at radius 2 is 0.898 bits per heavy atom. The van der Waals surface area contributed by atoms with Gasteiger partial charge in [-0.25, -0.2) is 0 Å². The number of benzene rings is 8. The van der Waals surface area contributed by atoms with Crippen LogP contribution in [0.2, 0.25) is 0 Å². The number of thiophene rings is 1. The zero-order chi connectivity index (χ0) is 31.8. The van der Waals surface area contributed by atoms with E-state index in [1.807, 2.05) is 11.3 Å². The fourth-order valence-electron chi connectivity index (χ4n) is 8.96. The lowest BCUT2D eigenvalue weighted by atomic mass is 10.0. The molecule has 0 atom stereocenters. The molecule has 12 rings (SSSR count). The van der Waals surface area contributed by atoms with Gasteiger partial charge in [-0.15, -0.1) is 11.3 Å². The van der Waals surface area contributed by atoms with Crippen LogP contribution in [0.3, 0.4) is 0 Å². The molecule has 0 saturated heterocycles. The first-order chi connectivity index (χ1) is 24.4. The quantitative estimate of drug-likeness (QED) is 0.178. The van der Waals surface area contributed by atoms with Gasteiger partial charge in [0.25, 0.3) is 0 Å². The molecule has 0 radical (unpaired) electrons. The molecule has 0 saturated carbocycles. The molecule has 1 aliphatic carbocycles. The molecule has 0 amide bonds. The lowest BCUT2D eigenvalue weighted by Crippen LogP contribution is -1.97. The first-order valence-electron chi connectivity index (χ1n) is 16.9. The van der Waals surface area contributed by atoms with Gasteiger partial charge in [0.15, 0.2) is 0 Å². The molecule has 0 fully saturated rings. The van der Waals surface area contributed by atoms with Crippen molar-refractivity contribution in [1.29, 1.82) is 0 Å². The summed E-state index contributed by atoms with van der Waals surface area (Å²) in [5.41, 5.74) is 12.7. The maximum absolute atomic E-state index is 2.59. The van der Waals surface area contributed by atoms with Crippen LogP contribution in [-0.4, -0.2) is 9.13 Å². The van der Waals surface area contributed by atoms with Crippen molar-refractivity contribution in [3.05, 3.63) is 158 Å². The molecule has 3 heterocycles. The van der Waals surface area contributed by atoms with Gasteiger partial charge >= 0.3 is 0 Å². The molecule has 0 bridgehead atoms. The largest absolute Gasteiger partial charge is 0.308 e. The lowest BCUT2D eigenvalue weighted by Gasteiger charge is -2.15. The Kier molecular flexibility index (Phi) is 4.89. The van der Waals surface area contributed by atoms with Gasteiger partial charge in [-0.3, -0.25) is 0 Å². The van der Waals surface area contributed by atoms with Crippen molar-refractivity contribution in [2.24, 2.45) is 0 Å². The van der Waals surface area contributed by atoms with Crippen LogP contribution in [0.15, 0.2) is 158 Å². The summed E-state index contributed by atoms with van der Waals surface area (Å²) in [7, 11) is 0. The van der Waals surface area contributed by atoms with Crippen LogP contribution in [0.5, 0.6) is 0 Å². The highest BCUT2D eigenvalue weighted by atomic mass is 32.1. The molecule has 0 aliphatic heterocycles. The molecule has 0 unspecified atom stereocenters. The fraction of sp³-hybridized carbons (Fsp3) is 0. The van der Waals surface area contributed by atoms with Crippen LogP contribution in [0.4, 0.5) is 0 Å². The maximum Gasteiger partial charge on any atom is 0.0656 e. The van der Waals surface area contributed by atoms with Gasteiger partial charge in [0.2, 0.25) is 0 Å². The lowest BCUT2D eigenvalue weighted by molar-refractivity contribution is 1.18. The van der Waals surface area contributed by atoms with Crippen LogP contribution in [0, 0.1) is 0 Å². The predicted molar refractivity (Wildman–Crippen MR) is 210 cm³/mol. The van der Waals surface area contributed by atoms with Crippen molar-refractivity contribution in [2.75, 3.05) is 0 Å². The molecule has 0 spiro atoms. The van der Waals surface area contributed by atoms with Crippen LogP contribution < -0.4 is 0 Å². The summed E-state index contributed by atoms with van der Waals surface area (Å²) in [5, 5.41) is 10.5. The van der Waals surface area contributed by atoms with Crippen molar-refractivity contribution in [3.63, 3.8) is 0 Å². The first-order valence-corrected chi connectivity index (χ1v) is 17.7. The average Bonchev–Trinajstić information content (AvgIpc) is 3.90. The summed E-state index contributed by atoms with van der Waals surface area (Å²) in [6, 6.07) is 58.3. The molecule has 3 aromatic heterocycles. The number of aromatic nitrogens is 2. The van der Waals surface area contributed by atoms with Crippen LogP contribution in [0.1, 0.15) is 0 Å². The molecule has 11 aromatic rings. The van der Waals surface area contributed by atoms with Crippen LogP contribution >= 0.6 is 11.3 Å². The molecule has 49 heavy (non-hydrogen) atoms. The summed E-state index contributed by atoms with van der Waals surface area (Å²) >= 11 is 1.93. The van der Waals surface area contributed by atoms with E-state index >= 15 is 0 Å². The van der Waals surface area contributed by atoms with Gasteiger partial charge in [-0.2, -0.15) is 0 Å². The van der Waals surface area contributed by atoms with Gasteiger partial charge in [-0.05, 0) is 64.0 Å². The third kappa shape index (κ3) is 3.17. The highest BCUT2D eigenvalue weighted by Crippen LogP contribution is 2.53. The Balaban J connectivity index is 1.38. The van der Waals surface area contributed by atoms with E-state index in [-0.39, 0.29) is 0 Å². The zero-order valence-electron chi connectivity index (χ0n) is 26.3. The predicted octanol–water partition coefficient (Wildman–Crippen LogP) is 13.0. The minimum absolute atomic E-state index is 1.18. The Morgan fingerprint density at radius 1 is 0.347 bits per heavy atom. The number of para-hydroxylation sites is 3. The molecular formula is C46H26N2S. The minimum Gasteiger partial charge on any atom is -0.308 e. The van der Waals surface area contributed by atoms with Gasteiger partial charge in [-0.1, -0.05) is 121 Å². The number of fused-ring (bicyclic) bond motifs is 15. The third-order valence-corrected chi connectivity index (χ3v) is 12.0. The molecule has 3 heteroatoms. The van der Waals surface area contributed by atoms with Gasteiger partial charge in [0.05, 0.1) is 27.8 Å². The minimum atomic E-state index is 1.18. The van der Waals surface area contributed by atoms with Crippen molar-refractivity contribution >= 4 is 85.9 Å². The summed E-state index contributed by atoms with van der Waals surface area (Å²) in [4.78, 5) is 0. The smallest absolute Gasteiger partial charge is 0.0656 e. The van der Waals surface area contributed by atoms with Crippen LogP contribution in [-0.2, 0) is 0 Å². The Morgan fingerprint density at radius 3 is 1.69 bits per heavy atom. The summed E-state index contributed by atoms with van der Waals surface area (Å²) in [6.07, 6.45) is 0. The second-order valence-electron chi connectivity index (χ2n) is 13.2. The second-order valence-corrected chi connectivity index (χ2v) is 14.2. The average molecular weight is 639 g/mol. The van der Waals surface area contributed by atoms with Crippen molar-refractivity contribution in [1.82, 2.24) is 9.13 Å². The van der Waals surface area contributed by atoms with Gasteiger partial charge in [0.1, 0.15) is 0 Å². The molecule has 8 aromatic carbocycles. The summed E-state index contributed by atoms with van der Waals surface area (Å²) in [5.74, 6) is 0. The topological polar surface area (TPSA) is 9.86 Å². The van der Waals surface area contributed by atoms with E-state index in [1.165, 1.54) is 108 Å². The zero-order valence-corrected chi connectivity index (χ0v) is 27.1. The fourth-order valence-corrected chi connectivity index (χ4v) is 10.2. The maximum atomic E-state index is 2.59. The number of nitrogens with zero attached hydrogens (tertiary/aromatic N) is 2. The first kappa shape index (κ1) is 25.9. The second kappa shape index (κ2) is 9.25. The van der Waals surface area contributed by atoms with Crippen molar-refractivity contribution in [2.45, 2.75) is 0 Å².